The molecular weight excluding hydrogens is 306 g/mol. The third-order valence-electron chi connectivity index (χ3n) is 3.07. The van der Waals surface area contributed by atoms with Gasteiger partial charge in [-0.15, -0.1) is 0 Å². The number of carboxylic acid groups (broad SMARTS) is 1. The molecule has 0 aromatic carbocycles. The summed E-state index contributed by atoms with van der Waals surface area (Å²) in [5, 5.41) is 9.03. The van der Waals surface area contributed by atoms with Gasteiger partial charge in [0.1, 0.15) is 0 Å². The Morgan fingerprint density at radius 1 is 1.55 bits per heavy atom. The summed E-state index contributed by atoms with van der Waals surface area (Å²) in [4.78, 5) is 14.7. The molecule has 0 radical (unpaired) electrons. The third-order valence-corrected chi connectivity index (χ3v) is 4.86. The van der Waals surface area contributed by atoms with Gasteiger partial charge in [0.05, 0.1) is 11.6 Å². The fraction of sp³-hybridized carbons (Fsp3) is 0.455. The van der Waals surface area contributed by atoms with Gasteiger partial charge < -0.3 is 5.11 Å². The quantitative estimate of drug-likeness (QED) is 0.812. The Kier molecular flexibility index (Phi) is 4.46. The van der Waals surface area contributed by atoms with E-state index in [0.717, 1.165) is 4.31 Å². The molecule has 0 aliphatic carbocycles. The summed E-state index contributed by atoms with van der Waals surface area (Å²) in [6.07, 6.45) is 2.44. The van der Waals surface area contributed by atoms with Crippen LogP contribution in [0, 0.1) is 5.92 Å². The second-order valence-electron chi connectivity index (χ2n) is 4.48. The van der Waals surface area contributed by atoms with Gasteiger partial charge in [0.15, 0.2) is 5.15 Å². The zero-order chi connectivity index (χ0) is 14.8. The Morgan fingerprint density at radius 2 is 2.30 bits per heavy atom. The lowest BCUT2D eigenvalue weighted by Gasteiger charge is -2.29. The van der Waals surface area contributed by atoms with Crippen molar-refractivity contribution < 1.29 is 18.3 Å². The zero-order valence-corrected chi connectivity index (χ0v) is 12.1. The molecule has 110 valence electrons. The van der Waals surface area contributed by atoms with E-state index in [1.807, 2.05) is 0 Å². The minimum absolute atomic E-state index is 0.0391. The Labute approximate surface area is 121 Å². The van der Waals surface area contributed by atoms with Crippen LogP contribution >= 0.6 is 11.6 Å². The van der Waals surface area contributed by atoms with E-state index in [9.17, 15) is 13.2 Å². The van der Waals surface area contributed by atoms with Crippen LogP contribution in [0.1, 0.15) is 12.8 Å². The van der Waals surface area contributed by atoms with E-state index in [-0.39, 0.29) is 23.9 Å². The van der Waals surface area contributed by atoms with Crippen LogP contribution in [0.4, 0.5) is 5.69 Å². The minimum atomic E-state index is -3.83. The number of aromatic nitrogens is 1. The molecule has 1 fully saturated rings. The molecule has 20 heavy (non-hydrogen) atoms. The lowest BCUT2D eigenvalue weighted by molar-refractivity contribution is -0.142. The van der Waals surface area contributed by atoms with Crippen molar-refractivity contribution in [3.8, 4) is 0 Å². The number of nitrogens with zero attached hydrogens (tertiary/aromatic N) is 2. The fourth-order valence-corrected chi connectivity index (χ4v) is 3.57. The lowest BCUT2D eigenvalue weighted by atomic mass is 10.0. The summed E-state index contributed by atoms with van der Waals surface area (Å²) in [6, 6.07) is 3.05. The van der Waals surface area contributed by atoms with Gasteiger partial charge in [-0.1, -0.05) is 11.6 Å². The summed E-state index contributed by atoms with van der Waals surface area (Å²) >= 11 is 5.80. The van der Waals surface area contributed by atoms with Crippen molar-refractivity contribution in [2.45, 2.75) is 12.8 Å². The van der Waals surface area contributed by atoms with Crippen LogP contribution in [0.2, 0.25) is 5.15 Å². The molecule has 1 saturated heterocycles. The lowest BCUT2D eigenvalue weighted by Crippen LogP contribution is -2.44. The number of halogens is 1. The molecule has 1 atom stereocenters. The first kappa shape index (κ1) is 15.0. The van der Waals surface area contributed by atoms with Gasteiger partial charge in [-0.25, -0.2) is 4.98 Å². The molecule has 1 aromatic heterocycles. The van der Waals surface area contributed by atoms with Crippen LogP contribution in [0.3, 0.4) is 0 Å². The van der Waals surface area contributed by atoms with Crippen LogP contribution in [0.25, 0.3) is 0 Å². The number of nitrogens with one attached hydrogen (secondary N) is 1. The summed E-state index contributed by atoms with van der Waals surface area (Å²) < 4.78 is 27.9. The highest BCUT2D eigenvalue weighted by Crippen LogP contribution is 2.23. The first-order chi connectivity index (χ1) is 9.40. The highest BCUT2D eigenvalue weighted by molar-refractivity contribution is 7.90. The Hall–Kier alpha value is -1.38. The van der Waals surface area contributed by atoms with Gasteiger partial charge in [0, 0.05) is 19.3 Å². The van der Waals surface area contributed by atoms with Gasteiger partial charge in [0.25, 0.3) is 0 Å². The van der Waals surface area contributed by atoms with E-state index in [1.165, 1.54) is 12.3 Å². The number of carbonyl (C=O) groups is 1. The highest BCUT2D eigenvalue weighted by Gasteiger charge is 2.32. The van der Waals surface area contributed by atoms with Crippen molar-refractivity contribution in [2.75, 3.05) is 17.8 Å². The molecule has 1 unspecified atom stereocenters. The number of hydrogen-bond acceptors (Lipinski definition) is 4. The number of carboxylic acids is 1. The molecule has 0 bridgehead atoms. The highest BCUT2D eigenvalue weighted by atomic mass is 35.5. The van der Waals surface area contributed by atoms with Gasteiger partial charge in [-0.05, 0) is 25.0 Å². The number of aliphatic carboxylic acids is 1. The predicted octanol–water partition coefficient (Wildman–Crippen LogP) is 1.19. The number of anilines is 1. The van der Waals surface area contributed by atoms with Crippen molar-refractivity contribution in [2.24, 2.45) is 5.92 Å². The average Bonchev–Trinajstić information content (AvgIpc) is 2.41. The second-order valence-corrected chi connectivity index (χ2v) is 6.51. The Morgan fingerprint density at radius 3 is 2.95 bits per heavy atom. The molecule has 1 aliphatic rings. The summed E-state index contributed by atoms with van der Waals surface area (Å²) in [7, 11) is -3.83. The molecule has 0 spiro atoms. The van der Waals surface area contributed by atoms with Crippen molar-refractivity contribution in [3.63, 3.8) is 0 Å². The van der Waals surface area contributed by atoms with Crippen LogP contribution in [0.15, 0.2) is 18.3 Å². The SMILES string of the molecule is O=C(O)C1CCCN(S(=O)(=O)Nc2cccnc2Cl)C1. The fourth-order valence-electron chi connectivity index (χ4n) is 2.03. The normalized spacial score (nSPS) is 20.6. The molecular formula is C11H14ClN3O4S. The van der Waals surface area contributed by atoms with E-state index in [2.05, 4.69) is 9.71 Å². The molecule has 1 aliphatic heterocycles. The van der Waals surface area contributed by atoms with Crippen LogP contribution in [0.5, 0.6) is 0 Å². The summed E-state index contributed by atoms with van der Waals surface area (Å²) in [6.45, 7) is 0.250. The predicted molar refractivity (Wildman–Crippen MR) is 73.7 cm³/mol. The largest absolute Gasteiger partial charge is 0.481 e. The summed E-state index contributed by atoms with van der Waals surface area (Å²) in [5.74, 6) is -1.66. The van der Waals surface area contributed by atoms with Crippen molar-refractivity contribution in [3.05, 3.63) is 23.5 Å². The molecule has 2 heterocycles. The molecule has 0 saturated carbocycles. The van der Waals surface area contributed by atoms with E-state index in [0.29, 0.717) is 12.8 Å². The van der Waals surface area contributed by atoms with E-state index >= 15 is 0 Å². The van der Waals surface area contributed by atoms with Crippen LogP contribution in [-0.4, -0.2) is 41.9 Å². The van der Waals surface area contributed by atoms with Crippen molar-refractivity contribution in [1.82, 2.24) is 9.29 Å². The molecule has 0 amide bonds. The Bertz CT molecular complexity index is 607. The molecule has 1 aromatic rings. The van der Waals surface area contributed by atoms with E-state index in [1.54, 1.807) is 6.07 Å². The number of rotatable bonds is 4. The smallest absolute Gasteiger partial charge is 0.307 e. The van der Waals surface area contributed by atoms with Gasteiger partial charge in [-0.3, -0.25) is 9.52 Å². The van der Waals surface area contributed by atoms with E-state index < -0.39 is 22.1 Å². The zero-order valence-electron chi connectivity index (χ0n) is 10.5. The number of piperidine rings is 1. The molecule has 7 nitrogen and oxygen atoms in total. The minimum Gasteiger partial charge on any atom is -0.481 e. The maximum Gasteiger partial charge on any atom is 0.307 e. The van der Waals surface area contributed by atoms with Crippen molar-refractivity contribution >= 4 is 33.5 Å². The number of hydrogen-bond donors (Lipinski definition) is 2. The van der Waals surface area contributed by atoms with Gasteiger partial charge in [0.2, 0.25) is 0 Å². The third kappa shape index (κ3) is 3.38. The molecule has 2 rings (SSSR count). The maximum atomic E-state index is 12.2. The first-order valence-corrected chi connectivity index (χ1v) is 7.83. The maximum absolute atomic E-state index is 12.2. The van der Waals surface area contributed by atoms with Gasteiger partial charge >= 0.3 is 16.2 Å². The topological polar surface area (TPSA) is 99.6 Å². The second kappa shape index (κ2) is 5.94. The monoisotopic (exact) mass is 319 g/mol. The van der Waals surface area contributed by atoms with Crippen molar-refractivity contribution in [1.29, 1.82) is 0 Å². The Balaban J connectivity index is 2.14. The number of pyridine rings is 1. The standard InChI is InChI=1S/C11H14ClN3O4S/c12-10-9(4-1-5-13-10)14-20(18,19)15-6-2-3-8(7-15)11(16)17/h1,4-5,8,14H,2-3,6-7H2,(H,16,17). The molecule has 9 heteroatoms. The van der Waals surface area contributed by atoms with Crippen LogP contribution in [-0.2, 0) is 15.0 Å². The average molecular weight is 320 g/mol. The van der Waals surface area contributed by atoms with E-state index in [4.69, 9.17) is 16.7 Å². The molecule has 2 N–H and O–H groups in total. The summed E-state index contributed by atoms with van der Waals surface area (Å²) in [5.41, 5.74) is 0.173. The first-order valence-electron chi connectivity index (χ1n) is 6.01. The van der Waals surface area contributed by atoms with Gasteiger partial charge in [-0.2, -0.15) is 12.7 Å². The van der Waals surface area contributed by atoms with Crippen LogP contribution < -0.4 is 4.72 Å².